The lowest BCUT2D eigenvalue weighted by molar-refractivity contribution is 0.0911. The van der Waals surface area contributed by atoms with Gasteiger partial charge in [0.25, 0.3) is 5.91 Å². The van der Waals surface area contributed by atoms with Gasteiger partial charge >= 0.3 is 0 Å². The number of nitrogens with zero attached hydrogens (tertiary/aromatic N) is 1. The average molecular weight is 211 g/mol. The van der Waals surface area contributed by atoms with Crippen molar-refractivity contribution in [3.8, 4) is 0 Å². The molecule has 5 nitrogen and oxygen atoms in total. The van der Waals surface area contributed by atoms with Gasteiger partial charge in [-0.25, -0.2) is 0 Å². The molecule has 0 saturated heterocycles. The Morgan fingerprint density at radius 1 is 1.67 bits per heavy atom. The van der Waals surface area contributed by atoms with Gasteiger partial charge in [-0.15, -0.1) is 0 Å². The summed E-state index contributed by atoms with van der Waals surface area (Å²) in [5.41, 5.74) is 0.443. The van der Waals surface area contributed by atoms with Crippen LogP contribution < -0.4 is 5.32 Å². The third kappa shape index (κ3) is 3.36. The maximum absolute atomic E-state index is 11.6. The van der Waals surface area contributed by atoms with E-state index in [-0.39, 0.29) is 18.6 Å². The van der Waals surface area contributed by atoms with Crippen LogP contribution in [-0.2, 0) is 0 Å². The first-order chi connectivity index (χ1) is 7.15. The van der Waals surface area contributed by atoms with Crippen LogP contribution in [0.25, 0.3) is 0 Å². The van der Waals surface area contributed by atoms with Crippen LogP contribution in [0.15, 0.2) is 12.3 Å². The van der Waals surface area contributed by atoms with E-state index in [1.165, 1.54) is 6.20 Å². The van der Waals surface area contributed by atoms with Crippen LogP contribution in [0.4, 0.5) is 0 Å². The summed E-state index contributed by atoms with van der Waals surface area (Å²) in [5, 5.41) is 18.0. The predicted octanol–water partition coefficient (Wildman–Crippen LogP) is 0.546. The molecular weight excluding hydrogens is 194 g/mol. The first kappa shape index (κ1) is 11.7. The van der Waals surface area contributed by atoms with Crippen LogP contribution in [0, 0.1) is 5.92 Å². The molecule has 1 atom stereocenters. The number of carbonyl (C=O) groups excluding carboxylic acids is 1. The molecule has 0 fully saturated rings. The standard InChI is InChI=1S/C10H17N3O2/c1-7(2)8(4-6-14)12-10(15)9-3-5-11-13-9/h3,5,7-8,14H,4,6H2,1-2H3,(H,11,13)(H,12,15). The molecule has 0 aliphatic carbocycles. The maximum atomic E-state index is 11.6. The SMILES string of the molecule is CC(C)C(CCO)NC(=O)c1ccn[nH]1. The van der Waals surface area contributed by atoms with Gasteiger partial charge in [-0.1, -0.05) is 13.8 Å². The number of hydrogen-bond acceptors (Lipinski definition) is 3. The molecule has 3 N–H and O–H groups in total. The molecule has 15 heavy (non-hydrogen) atoms. The molecule has 1 heterocycles. The van der Waals surface area contributed by atoms with Gasteiger partial charge in [0, 0.05) is 18.8 Å². The molecule has 84 valence electrons. The summed E-state index contributed by atoms with van der Waals surface area (Å²) < 4.78 is 0. The fourth-order valence-corrected chi connectivity index (χ4v) is 1.34. The van der Waals surface area contributed by atoms with Gasteiger partial charge in [0.15, 0.2) is 0 Å². The number of aromatic nitrogens is 2. The third-order valence-electron chi connectivity index (χ3n) is 2.31. The highest BCUT2D eigenvalue weighted by Gasteiger charge is 2.16. The van der Waals surface area contributed by atoms with Crippen LogP contribution in [0.3, 0.4) is 0 Å². The molecule has 1 aromatic rings. The van der Waals surface area contributed by atoms with Crippen LogP contribution in [0.2, 0.25) is 0 Å². The number of hydrogen-bond donors (Lipinski definition) is 3. The summed E-state index contributed by atoms with van der Waals surface area (Å²) in [6, 6.07) is 1.61. The van der Waals surface area contributed by atoms with Crippen LogP contribution in [0.5, 0.6) is 0 Å². The van der Waals surface area contributed by atoms with E-state index in [0.717, 1.165) is 0 Å². The Balaban J connectivity index is 2.55. The fraction of sp³-hybridized carbons (Fsp3) is 0.600. The Bertz CT molecular complexity index is 296. The van der Waals surface area contributed by atoms with E-state index < -0.39 is 0 Å². The number of aliphatic hydroxyl groups excluding tert-OH is 1. The van der Waals surface area contributed by atoms with Crippen molar-refractivity contribution in [3.63, 3.8) is 0 Å². The van der Waals surface area contributed by atoms with Gasteiger partial charge in [-0.2, -0.15) is 5.10 Å². The van der Waals surface area contributed by atoms with Crippen molar-refractivity contribution in [2.75, 3.05) is 6.61 Å². The summed E-state index contributed by atoms with van der Waals surface area (Å²) in [4.78, 5) is 11.6. The topological polar surface area (TPSA) is 78.0 Å². The highest BCUT2D eigenvalue weighted by atomic mass is 16.3. The van der Waals surface area contributed by atoms with Crippen LogP contribution in [0.1, 0.15) is 30.8 Å². The van der Waals surface area contributed by atoms with Crippen molar-refractivity contribution in [2.24, 2.45) is 5.92 Å². The number of aliphatic hydroxyl groups is 1. The summed E-state index contributed by atoms with van der Waals surface area (Å²) >= 11 is 0. The van der Waals surface area contributed by atoms with Crippen molar-refractivity contribution in [1.82, 2.24) is 15.5 Å². The molecule has 1 rings (SSSR count). The number of carbonyl (C=O) groups is 1. The second-order valence-electron chi connectivity index (χ2n) is 3.81. The number of nitrogens with one attached hydrogen (secondary N) is 2. The summed E-state index contributed by atoms with van der Waals surface area (Å²) in [5.74, 6) is 0.115. The van der Waals surface area contributed by atoms with E-state index in [1.54, 1.807) is 6.07 Å². The number of rotatable bonds is 5. The lowest BCUT2D eigenvalue weighted by Gasteiger charge is -2.20. The minimum atomic E-state index is -0.181. The zero-order valence-electron chi connectivity index (χ0n) is 9.03. The lowest BCUT2D eigenvalue weighted by atomic mass is 10.0. The zero-order chi connectivity index (χ0) is 11.3. The largest absolute Gasteiger partial charge is 0.396 e. The summed E-state index contributed by atoms with van der Waals surface area (Å²) in [6.07, 6.45) is 2.10. The predicted molar refractivity (Wildman–Crippen MR) is 56.4 cm³/mol. The number of amides is 1. The normalized spacial score (nSPS) is 12.8. The Morgan fingerprint density at radius 2 is 2.40 bits per heavy atom. The molecule has 0 aromatic carbocycles. The third-order valence-corrected chi connectivity index (χ3v) is 2.31. The second-order valence-corrected chi connectivity index (χ2v) is 3.81. The smallest absolute Gasteiger partial charge is 0.269 e. The van der Waals surface area contributed by atoms with Crippen LogP contribution in [-0.4, -0.2) is 33.9 Å². The van der Waals surface area contributed by atoms with E-state index in [9.17, 15) is 4.79 Å². The monoisotopic (exact) mass is 211 g/mol. The number of aromatic amines is 1. The van der Waals surface area contributed by atoms with Gasteiger partial charge in [-0.05, 0) is 18.4 Å². The Kier molecular flexibility index (Phi) is 4.30. The molecule has 0 radical (unpaired) electrons. The first-order valence-electron chi connectivity index (χ1n) is 5.06. The average Bonchev–Trinajstić information content (AvgIpc) is 2.69. The molecule has 1 unspecified atom stereocenters. The molecular formula is C10H17N3O2. The molecule has 0 saturated carbocycles. The lowest BCUT2D eigenvalue weighted by Crippen LogP contribution is -2.39. The molecule has 0 bridgehead atoms. The van der Waals surface area contributed by atoms with E-state index in [2.05, 4.69) is 15.5 Å². The zero-order valence-corrected chi connectivity index (χ0v) is 9.03. The van der Waals surface area contributed by atoms with Gasteiger partial charge < -0.3 is 10.4 Å². The molecule has 0 aliphatic heterocycles. The molecule has 5 heteroatoms. The highest BCUT2D eigenvalue weighted by Crippen LogP contribution is 2.06. The number of H-pyrrole nitrogens is 1. The molecule has 1 aromatic heterocycles. The van der Waals surface area contributed by atoms with Crippen molar-refractivity contribution in [2.45, 2.75) is 26.3 Å². The highest BCUT2D eigenvalue weighted by molar-refractivity contribution is 5.92. The molecule has 0 aliphatic rings. The molecule has 0 spiro atoms. The van der Waals surface area contributed by atoms with Gasteiger partial charge in [-0.3, -0.25) is 9.89 Å². The first-order valence-corrected chi connectivity index (χ1v) is 5.06. The quantitative estimate of drug-likeness (QED) is 0.665. The van der Waals surface area contributed by atoms with Gasteiger partial charge in [0.2, 0.25) is 0 Å². The van der Waals surface area contributed by atoms with Crippen molar-refractivity contribution in [1.29, 1.82) is 0 Å². The van der Waals surface area contributed by atoms with Gasteiger partial charge in [0.1, 0.15) is 5.69 Å². The van der Waals surface area contributed by atoms with Crippen LogP contribution >= 0.6 is 0 Å². The summed E-state index contributed by atoms with van der Waals surface area (Å²) in [7, 11) is 0. The Hall–Kier alpha value is -1.36. The van der Waals surface area contributed by atoms with Crippen molar-refractivity contribution in [3.05, 3.63) is 18.0 Å². The van der Waals surface area contributed by atoms with Gasteiger partial charge in [0.05, 0.1) is 0 Å². The fourth-order valence-electron chi connectivity index (χ4n) is 1.34. The van der Waals surface area contributed by atoms with Crippen molar-refractivity contribution < 1.29 is 9.90 Å². The maximum Gasteiger partial charge on any atom is 0.269 e. The Labute approximate surface area is 88.9 Å². The van der Waals surface area contributed by atoms with E-state index in [4.69, 9.17) is 5.11 Å². The van der Waals surface area contributed by atoms with E-state index in [0.29, 0.717) is 18.0 Å². The second kappa shape index (κ2) is 5.50. The van der Waals surface area contributed by atoms with E-state index >= 15 is 0 Å². The molecule has 1 amide bonds. The minimum absolute atomic E-state index is 0.00852. The minimum Gasteiger partial charge on any atom is -0.396 e. The summed E-state index contributed by atoms with van der Waals surface area (Å²) in [6.45, 7) is 4.09. The Morgan fingerprint density at radius 3 is 2.87 bits per heavy atom. The van der Waals surface area contributed by atoms with E-state index in [1.807, 2.05) is 13.8 Å². The van der Waals surface area contributed by atoms with Crippen molar-refractivity contribution >= 4 is 5.91 Å².